The van der Waals surface area contributed by atoms with Gasteiger partial charge in [0.1, 0.15) is 11.5 Å². The van der Waals surface area contributed by atoms with Gasteiger partial charge in [-0.1, -0.05) is 48.9 Å². The van der Waals surface area contributed by atoms with Gasteiger partial charge in [-0.3, -0.25) is 9.59 Å². The number of nitrogens with zero attached hydrogens (tertiary/aromatic N) is 2. The molecule has 0 aliphatic carbocycles. The zero-order valence-corrected chi connectivity index (χ0v) is 19.3. The fourth-order valence-electron chi connectivity index (χ4n) is 3.88. The number of ketones is 1. The highest BCUT2D eigenvalue weighted by Gasteiger charge is 2.45. The van der Waals surface area contributed by atoms with E-state index >= 15 is 0 Å². The van der Waals surface area contributed by atoms with Crippen molar-refractivity contribution in [2.24, 2.45) is 0 Å². The molecule has 1 aliphatic rings. The van der Waals surface area contributed by atoms with E-state index in [-0.39, 0.29) is 11.3 Å². The summed E-state index contributed by atoms with van der Waals surface area (Å²) in [5.41, 5.74) is 2.43. The molecule has 1 fully saturated rings. The number of rotatable bonds is 9. The van der Waals surface area contributed by atoms with Crippen LogP contribution in [0.4, 0.5) is 0 Å². The van der Waals surface area contributed by atoms with Gasteiger partial charge in [0.25, 0.3) is 11.7 Å². The Bertz CT molecular complexity index is 995. The van der Waals surface area contributed by atoms with Gasteiger partial charge in [0.2, 0.25) is 0 Å². The van der Waals surface area contributed by atoms with Gasteiger partial charge in [-0.05, 0) is 58.1 Å². The number of aliphatic hydroxyl groups is 1. The van der Waals surface area contributed by atoms with E-state index in [1.807, 2.05) is 69.2 Å². The van der Waals surface area contributed by atoms with Crippen LogP contribution in [0.25, 0.3) is 5.76 Å². The van der Waals surface area contributed by atoms with Crippen LogP contribution in [0.15, 0.2) is 54.1 Å². The molecule has 170 valence electrons. The van der Waals surface area contributed by atoms with Gasteiger partial charge in [0.05, 0.1) is 18.2 Å². The molecule has 1 amide bonds. The molecule has 1 N–H and O–H groups in total. The van der Waals surface area contributed by atoms with E-state index in [1.54, 1.807) is 17.0 Å². The van der Waals surface area contributed by atoms with Crippen LogP contribution in [0.5, 0.6) is 5.75 Å². The predicted octanol–water partition coefficient (Wildman–Crippen LogP) is 4.16. The Labute approximate surface area is 190 Å². The Kier molecular flexibility index (Phi) is 7.70. The maximum Gasteiger partial charge on any atom is 0.295 e. The molecular formula is C26H32N2O4. The maximum absolute atomic E-state index is 13.1. The molecule has 0 aromatic heterocycles. The van der Waals surface area contributed by atoms with Crippen LogP contribution in [0.1, 0.15) is 42.5 Å². The number of hydrogen-bond acceptors (Lipinski definition) is 5. The van der Waals surface area contributed by atoms with Crippen LogP contribution in [0, 0.1) is 6.92 Å². The first-order valence-electron chi connectivity index (χ1n) is 11.1. The molecule has 1 atom stereocenters. The largest absolute Gasteiger partial charge is 0.507 e. The number of aliphatic hydroxyl groups excluding tert-OH is 1. The van der Waals surface area contributed by atoms with Gasteiger partial charge in [0, 0.05) is 12.1 Å². The number of aryl methyl sites for hydroxylation is 1. The van der Waals surface area contributed by atoms with Gasteiger partial charge in [-0.25, -0.2) is 0 Å². The first kappa shape index (κ1) is 23.5. The number of hydrogen-bond donors (Lipinski definition) is 1. The molecule has 0 bridgehead atoms. The maximum atomic E-state index is 13.1. The van der Waals surface area contributed by atoms with E-state index in [2.05, 4.69) is 0 Å². The highest BCUT2D eigenvalue weighted by molar-refractivity contribution is 6.46. The SMILES string of the molecule is CCCOc1cccc(C2/C(=C(\O)c3ccc(C)cc3)C(=O)C(=O)N2CCCN(C)C)c1. The lowest BCUT2D eigenvalue weighted by molar-refractivity contribution is -0.139. The number of likely N-dealkylation sites (tertiary alicyclic amines) is 1. The molecule has 6 nitrogen and oxygen atoms in total. The molecule has 32 heavy (non-hydrogen) atoms. The third-order valence-corrected chi connectivity index (χ3v) is 5.52. The summed E-state index contributed by atoms with van der Waals surface area (Å²) in [6, 6.07) is 14.0. The number of amides is 1. The highest BCUT2D eigenvalue weighted by atomic mass is 16.5. The second-order valence-corrected chi connectivity index (χ2v) is 8.44. The van der Waals surface area contributed by atoms with Crippen molar-refractivity contribution in [2.45, 2.75) is 32.7 Å². The van der Waals surface area contributed by atoms with E-state index in [4.69, 9.17) is 4.74 Å². The van der Waals surface area contributed by atoms with Crippen molar-refractivity contribution in [1.29, 1.82) is 0 Å². The highest BCUT2D eigenvalue weighted by Crippen LogP contribution is 2.40. The number of carbonyl (C=O) groups is 2. The lowest BCUT2D eigenvalue weighted by Gasteiger charge is -2.26. The predicted molar refractivity (Wildman–Crippen MR) is 126 cm³/mol. The second kappa shape index (κ2) is 10.5. The molecule has 3 rings (SSSR count). The number of ether oxygens (including phenoxy) is 1. The fourth-order valence-corrected chi connectivity index (χ4v) is 3.88. The zero-order valence-electron chi connectivity index (χ0n) is 19.3. The second-order valence-electron chi connectivity index (χ2n) is 8.44. The monoisotopic (exact) mass is 436 g/mol. The summed E-state index contributed by atoms with van der Waals surface area (Å²) in [4.78, 5) is 29.7. The Morgan fingerprint density at radius 1 is 1.12 bits per heavy atom. The van der Waals surface area contributed by atoms with Crippen LogP contribution in [-0.2, 0) is 9.59 Å². The van der Waals surface area contributed by atoms with Gasteiger partial charge in [0.15, 0.2) is 0 Å². The number of Topliss-reactive ketones (excluding diaryl/α,β-unsaturated/α-hetero) is 1. The summed E-state index contributed by atoms with van der Waals surface area (Å²) >= 11 is 0. The lowest BCUT2D eigenvalue weighted by Crippen LogP contribution is -2.32. The summed E-state index contributed by atoms with van der Waals surface area (Å²) in [7, 11) is 3.94. The van der Waals surface area contributed by atoms with Crippen LogP contribution in [0.2, 0.25) is 0 Å². The number of benzene rings is 2. The first-order chi connectivity index (χ1) is 15.3. The van der Waals surface area contributed by atoms with Gasteiger partial charge < -0.3 is 19.6 Å². The van der Waals surface area contributed by atoms with Gasteiger partial charge in [-0.15, -0.1) is 0 Å². The molecule has 0 spiro atoms. The molecule has 0 radical (unpaired) electrons. The lowest BCUT2D eigenvalue weighted by atomic mass is 9.95. The van der Waals surface area contributed by atoms with Crippen LogP contribution < -0.4 is 4.74 Å². The zero-order chi connectivity index (χ0) is 23.3. The van der Waals surface area contributed by atoms with E-state index in [0.717, 1.165) is 24.1 Å². The third-order valence-electron chi connectivity index (χ3n) is 5.52. The van der Waals surface area contributed by atoms with E-state index < -0.39 is 17.7 Å². The van der Waals surface area contributed by atoms with Gasteiger partial charge >= 0.3 is 0 Å². The third kappa shape index (κ3) is 5.19. The average Bonchev–Trinajstić information content (AvgIpc) is 3.02. The summed E-state index contributed by atoms with van der Waals surface area (Å²) in [6.45, 7) is 5.77. The minimum absolute atomic E-state index is 0.122. The molecule has 2 aromatic rings. The summed E-state index contributed by atoms with van der Waals surface area (Å²) < 4.78 is 5.78. The van der Waals surface area contributed by atoms with Crippen molar-refractivity contribution >= 4 is 17.4 Å². The molecule has 1 unspecified atom stereocenters. The Hall–Kier alpha value is -3.12. The van der Waals surface area contributed by atoms with E-state index in [0.29, 0.717) is 30.9 Å². The van der Waals surface area contributed by atoms with E-state index in [1.165, 1.54) is 0 Å². The first-order valence-corrected chi connectivity index (χ1v) is 11.1. The van der Waals surface area contributed by atoms with Crippen molar-refractivity contribution < 1.29 is 19.4 Å². The number of carbonyl (C=O) groups excluding carboxylic acids is 2. The standard InChI is InChI=1S/C26H32N2O4/c1-5-16-32-21-9-6-8-20(17-21)23-22(24(29)19-12-10-18(2)11-13-19)25(30)26(31)28(23)15-7-14-27(3)4/h6,8-13,17,23,29H,5,7,14-16H2,1-4H3/b24-22+. The minimum Gasteiger partial charge on any atom is -0.507 e. The topological polar surface area (TPSA) is 70.1 Å². The van der Waals surface area contributed by atoms with Crippen molar-refractivity contribution in [3.05, 3.63) is 70.8 Å². The molecule has 6 heteroatoms. The Balaban J connectivity index is 2.07. The molecular weight excluding hydrogens is 404 g/mol. The molecule has 1 saturated heterocycles. The average molecular weight is 437 g/mol. The Morgan fingerprint density at radius 2 is 1.84 bits per heavy atom. The fraction of sp³-hybridized carbons (Fsp3) is 0.385. The van der Waals surface area contributed by atoms with Crippen molar-refractivity contribution in [3.8, 4) is 5.75 Å². The van der Waals surface area contributed by atoms with Crippen molar-refractivity contribution in [1.82, 2.24) is 9.80 Å². The summed E-state index contributed by atoms with van der Waals surface area (Å²) in [5, 5.41) is 11.1. The quantitative estimate of drug-likeness (QED) is 0.363. The minimum atomic E-state index is -0.663. The summed E-state index contributed by atoms with van der Waals surface area (Å²) in [5.74, 6) is -0.706. The Morgan fingerprint density at radius 3 is 2.50 bits per heavy atom. The molecule has 2 aromatic carbocycles. The smallest absolute Gasteiger partial charge is 0.295 e. The molecule has 1 heterocycles. The normalized spacial score (nSPS) is 17.9. The molecule has 0 saturated carbocycles. The van der Waals surface area contributed by atoms with Gasteiger partial charge in [-0.2, -0.15) is 0 Å². The van der Waals surface area contributed by atoms with Crippen molar-refractivity contribution in [3.63, 3.8) is 0 Å². The summed E-state index contributed by atoms with van der Waals surface area (Å²) in [6.07, 6.45) is 1.59. The van der Waals surface area contributed by atoms with Crippen LogP contribution >= 0.6 is 0 Å². The van der Waals surface area contributed by atoms with Crippen molar-refractivity contribution in [2.75, 3.05) is 33.8 Å². The van der Waals surface area contributed by atoms with Crippen LogP contribution in [-0.4, -0.2) is 60.4 Å². The van der Waals surface area contributed by atoms with Crippen LogP contribution in [0.3, 0.4) is 0 Å². The van der Waals surface area contributed by atoms with E-state index in [9.17, 15) is 14.7 Å². The molecule has 1 aliphatic heterocycles.